The van der Waals surface area contributed by atoms with Crippen LogP contribution in [0, 0.1) is 12.7 Å². The van der Waals surface area contributed by atoms with Gasteiger partial charge in [-0.05, 0) is 50.8 Å². The lowest BCUT2D eigenvalue weighted by molar-refractivity contribution is 0.0693. The van der Waals surface area contributed by atoms with Gasteiger partial charge >= 0.3 is 0 Å². The average Bonchev–Trinajstić information content (AvgIpc) is 3.05. The number of piperidine rings is 1. The van der Waals surface area contributed by atoms with Crippen LogP contribution in [0.2, 0.25) is 0 Å². The third kappa shape index (κ3) is 4.45. The van der Waals surface area contributed by atoms with Crippen LogP contribution < -0.4 is 5.32 Å². The first-order valence-corrected chi connectivity index (χ1v) is 10.4. The molecule has 0 aliphatic carbocycles. The van der Waals surface area contributed by atoms with E-state index in [1.54, 1.807) is 24.0 Å². The summed E-state index contributed by atoms with van der Waals surface area (Å²) in [6.07, 6.45) is 2.66. The molecule has 1 aromatic carbocycles. The minimum atomic E-state index is -0.523. The van der Waals surface area contributed by atoms with Gasteiger partial charge in [0.05, 0.1) is 5.56 Å². The van der Waals surface area contributed by atoms with Gasteiger partial charge in [0.25, 0.3) is 11.8 Å². The number of nitrogens with one attached hydrogen (secondary N) is 2. The molecule has 3 rings (SSSR count). The van der Waals surface area contributed by atoms with Crippen molar-refractivity contribution in [2.45, 2.75) is 52.5 Å². The molecule has 1 saturated heterocycles. The number of aryl methyl sites for hydroxylation is 1. The van der Waals surface area contributed by atoms with Crippen molar-refractivity contribution in [3.05, 3.63) is 58.2 Å². The van der Waals surface area contributed by atoms with Crippen LogP contribution in [0.5, 0.6) is 0 Å². The molecule has 1 aliphatic heterocycles. The van der Waals surface area contributed by atoms with E-state index < -0.39 is 5.82 Å². The average molecular weight is 413 g/mol. The van der Waals surface area contributed by atoms with Crippen LogP contribution in [-0.2, 0) is 6.42 Å². The van der Waals surface area contributed by atoms with E-state index in [1.807, 2.05) is 6.92 Å². The van der Waals surface area contributed by atoms with E-state index in [4.69, 9.17) is 0 Å². The Kier molecular flexibility index (Phi) is 6.70. The Morgan fingerprint density at radius 2 is 1.87 bits per heavy atom. The molecule has 160 valence electrons. The SMILES string of the molecule is CCCc1c(C(=O)NC2CCN(C(=O)c3ccccc3F)CC2)[nH]c(C)c1C(C)=O. The Balaban J connectivity index is 1.65. The zero-order valence-corrected chi connectivity index (χ0v) is 17.7. The zero-order valence-electron chi connectivity index (χ0n) is 17.7. The summed E-state index contributed by atoms with van der Waals surface area (Å²) in [4.78, 5) is 42.2. The molecule has 0 bridgehead atoms. The number of benzene rings is 1. The minimum absolute atomic E-state index is 0.0498. The van der Waals surface area contributed by atoms with Gasteiger partial charge in [-0.3, -0.25) is 14.4 Å². The molecular weight excluding hydrogens is 385 g/mol. The number of carbonyl (C=O) groups excluding carboxylic acids is 3. The fourth-order valence-electron chi connectivity index (χ4n) is 4.14. The molecule has 2 amide bonds. The predicted molar refractivity (Wildman–Crippen MR) is 112 cm³/mol. The summed E-state index contributed by atoms with van der Waals surface area (Å²) in [5.41, 5.74) is 2.60. The van der Waals surface area contributed by atoms with E-state index in [1.165, 1.54) is 19.1 Å². The fourth-order valence-corrected chi connectivity index (χ4v) is 4.14. The number of carbonyl (C=O) groups is 3. The normalized spacial score (nSPS) is 14.6. The molecule has 0 unspecified atom stereocenters. The second-order valence-electron chi connectivity index (χ2n) is 7.80. The van der Waals surface area contributed by atoms with E-state index >= 15 is 0 Å². The molecule has 30 heavy (non-hydrogen) atoms. The van der Waals surface area contributed by atoms with Gasteiger partial charge < -0.3 is 15.2 Å². The standard InChI is InChI=1S/C23H28FN3O3/c1-4-7-18-20(15(3)28)14(2)25-21(18)22(29)26-16-10-12-27(13-11-16)23(30)17-8-5-6-9-19(17)24/h5-6,8-9,16,25H,4,7,10-13H2,1-3H3,(H,26,29). The number of rotatable bonds is 6. The van der Waals surface area contributed by atoms with Gasteiger partial charge in [-0.25, -0.2) is 4.39 Å². The number of likely N-dealkylation sites (tertiary alicyclic amines) is 1. The third-order valence-electron chi connectivity index (χ3n) is 5.59. The van der Waals surface area contributed by atoms with Gasteiger partial charge in [0.2, 0.25) is 0 Å². The highest BCUT2D eigenvalue weighted by molar-refractivity contribution is 6.02. The van der Waals surface area contributed by atoms with Crippen LogP contribution in [0.15, 0.2) is 24.3 Å². The maximum absolute atomic E-state index is 13.9. The number of nitrogens with zero attached hydrogens (tertiary/aromatic N) is 1. The molecule has 6 nitrogen and oxygen atoms in total. The van der Waals surface area contributed by atoms with E-state index in [2.05, 4.69) is 10.3 Å². The van der Waals surface area contributed by atoms with Crippen LogP contribution in [0.1, 0.15) is 75.6 Å². The monoisotopic (exact) mass is 413 g/mol. The second kappa shape index (κ2) is 9.24. The Hall–Kier alpha value is -2.96. The molecule has 2 aromatic rings. The number of aromatic amines is 1. The van der Waals surface area contributed by atoms with Crippen molar-refractivity contribution in [2.75, 3.05) is 13.1 Å². The van der Waals surface area contributed by atoms with E-state index in [0.29, 0.717) is 49.3 Å². The Morgan fingerprint density at radius 3 is 2.47 bits per heavy atom. The molecule has 2 N–H and O–H groups in total. The molecule has 0 saturated carbocycles. The Bertz CT molecular complexity index is 959. The number of hydrogen-bond donors (Lipinski definition) is 2. The molecule has 0 radical (unpaired) electrons. The molecule has 2 heterocycles. The van der Waals surface area contributed by atoms with Crippen LogP contribution in [0.4, 0.5) is 4.39 Å². The minimum Gasteiger partial charge on any atom is -0.354 e. The molecule has 1 aromatic heterocycles. The molecular formula is C23H28FN3O3. The van der Waals surface area contributed by atoms with E-state index in [0.717, 1.165) is 12.0 Å². The highest BCUT2D eigenvalue weighted by atomic mass is 19.1. The predicted octanol–water partition coefficient (Wildman–Crippen LogP) is 3.65. The van der Waals surface area contributed by atoms with E-state index in [-0.39, 0.29) is 29.2 Å². The number of halogens is 1. The maximum atomic E-state index is 13.9. The largest absolute Gasteiger partial charge is 0.354 e. The van der Waals surface area contributed by atoms with Gasteiger partial charge in [-0.15, -0.1) is 0 Å². The number of hydrogen-bond acceptors (Lipinski definition) is 3. The second-order valence-corrected chi connectivity index (χ2v) is 7.80. The molecule has 0 spiro atoms. The number of ketones is 1. The number of amides is 2. The summed E-state index contributed by atoms with van der Waals surface area (Å²) in [5.74, 6) is -1.13. The lowest BCUT2D eigenvalue weighted by Gasteiger charge is -2.32. The van der Waals surface area contributed by atoms with Gasteiger partial charge in [0.15, 0.2) is 5.78 Å². The highest BCUT2D eigenvalue weighted by Crippen LogP contribution is 2.22. The van der Waals surface area contributed by atoms with E-state index in [9.17, 15) is 18.8 Å². The first-order chi connectivity index (χ1) is 14.3. The van der Waals surface area contributed by atoms with Crippen molar-refractivity contribution in [3.63, 3.8) is 0 Å². The summed E-state index contributed by atoms with van der Waals surface area (Å²) in [6, 6.07) is 5.88. The Morgan fingerprint density at radius 1 is 1.20 bits per heavy atom. The first kappa shape index (κ1) is 21.7. The van der Waals surface area contributed by atoms with Crippen molar-refractivity contribution >= 4 is 17.6 Å². The lowest BCUT2D eigenvalue weighted by atomic mass is 10.00. The Labute approximate surface area is 175 Å². The van der Waals surface area contributed by atoms with Crippen molar-refractivity contribution in [1.29, 1.82) is 0 Å². The molecule has 1 aliphatic rings. The highest BCUT2D eigenvalue weighted by Gasteiger charge is 2.28. The molecule has 1 fully saturated rings. The number of aromatic nitrogens is 1. The summed E-state index contributed by atoms with van der Waals surface area (Å²) in [5, 5.41) is 3.03. The van der Waals surface area contributed by atoms with Gasteiger partial charge in [-0.2, -0.15) is 0 Å². The number of H-pyrrole nitrogens is 1. The number of Topliss-reactive ketones (excluding diaryl/α,β-unsaturated/α-hetero) is 1. The van der Waals surface area contributed by atoms with Crippen molar-refractivity contribution in [3.8, 4) is 0 Å². The van der Waals surface area contributed by atoms with Gasteiger partial charge in [-0.1, -0.05) is 25.5 Å². The quantitative estimate of drug-likeness (QED) is 0.709. The van der Waals surface area contributed by atoms with Crippen LogP contribution in [-0.4, -0.2) is 46.6 Å². The van der Waals surface area contributed by atoms with Crippen LogP contribution >= 0.6 is 0 Å². The first-order valence-electron chi connectivity index (χ1n) is 10.4. The summed E-state index contributed by atoms with van der Waals surface area (Å²) in [6.45, 7) is 6.22. The van der Waals surface area contributed by atoms with Crippen molar-refractivity contribution in [1.82, 2.24) is 15.2 Å². The van der Waals surface area contributed by atoms with Crippen molar-refractivity contribution in [2.24, 2.45) is 0 Å². The summed E-state index contributed by atoms with van der Waals surface area (Å²) >= 11 is 0. The topological polar surface area (TPSA) is 82.3 Å². The van der Waals surface area contributed by atoms with Crippen LogP contribution in [0.3, 0.4) is 0 Å². The zero-order chi connectivity index (χ0) is 21.8. The summed E-state index contributed by atoms with van der Waals surface area (Å²) in [7, 11) is 0. The van der Waals surface area contributed by atoms with Crippen LogP contribution in [0.25, 0.3) is 0 Å². The van der Waals surface area contributed by atoms with Gasteiger partial charge in [0.1, 0.15) is 11.5 Å². The van der Waals surface area contributed by atoms with Gasteiger partial charge in [0, 0.05) is 30.4 Å². The smallest absolute Gasteiger partial charge is 0.268 e. The molecule has 0 atom stereocenters. The van der Waals surface area contributed by atoms with Crippen molar-refractivity contribution < 1.29 is 18.8 Å². The fraction of sp³-hybridized carbons (Fsp3) is 0.435. The summed E-state index contributed by atoms with van der Waals surface area (Å²) < 4.78 is 13.9. The maximum Gasteiger partial charge on any atom is 0.268 e. The molecule has 7 heteroatoms. The lowest BCUT2D eigenvalue weighted by Crippen LogP contribution is -2.46. The third-order valence-corrected chi connectivity index (χ3v) is 5.59.